The normalized spacial score (nSPS) is 10.6. The van der Waals surface area contributed by atoms with Gasteiger partial charge in [-0.1, -0.05) is 18.2 Å². The van der Waals surface area contributed by atoms with Crippen LogP contribution in [0, 0.1) is 0 Å². The molecule has 2 heterocycles. The van der Waals surface area contributed by atoms with E-state index in [9.17, 15) is 4.79 Å². The van der Waals surface area contributed by atoms with Gasteiger partial charge in [-0.05, 0) is 30.3 Å². The summed E-state index contributed by atoms with van der Waals surface area (Å²) in [5.74, 6) is 2.22. The van der Waals surface area contributed by atoms with Gasteiger partial charge in [0.1, 0.15) is 12.4 Å². The number of methoxy groups -OCH3 is 3. The van der Waals surface area contributed by atoms with E-state index < -0.39 is 0 Å². The highest BCUT2D eigenvalue weighted by Crippen LogP contribution is 2.30. The number of nitrogens with zero attached hydrogens (tertiary/aromatic N) is 4. The number of carbonyl (C=O) groups excluding carboxylic acids is 1. The van der Waals surface area contributed by atoms with Gasteiger partial charge in [-0.25, -0.2) is 0 Å². The van der Waals surface area contributed by atoms with E-state index in [-0.39, 0.29) is 19.1 Å². The maximum atomic E-state index is 12.5. The number of nitrogens with one attached hydrogen (secondary N) is 1. The molecule has 4 aromatic rings. The Morgan fingerprint density at radius 2 is 1.82 bits per heavy atom. The molecule has 0 unspecified atom stereocenters. The summed E-state index contributed by atoms with van der Waals surface area (Å²) in [6, 6.07) is 16.1. The molecule has 33 heavy (non-hydrogen) atoms. The molecule has 2 aromatic carbocycles. The van der Waals surface area contributed by atoms with Crippen LogP contribution in [0.2, 0.25) is 0 Å². The van der Waals surface area contributed by atoms with Crippen LogP contribution in [0.5, 0.6) is 23.1 Å². The van der Waals surface area contributed by atoms with E-state index in [0.717, 1.165) is 5.56 Å². The van der Waals surface area contributed by atoms with E-state index in [1.165, 1.54) is 14.2 Å². The van der Waals surface area contributed by atoms with Crippen LogP contribution in [-0.4, -0.2) is 60.2 Å². The number of benzene rings is 2. The van der Waals surface area contributed by atoms with Crippen molar-refractivity contribution in [3.63, 3.8) is 0 Å². The van der Waals surface area contributed by atoms with Crippen molar-refractivity contribution in [2.24, 2.45) is 0 Å². The van der Waals surface area contributed by atoms with E-state index in [0.29, 0.717) is 40.2 Å². The van der Waals surface area contributed by atoms with E-state index in [2.05, 4.69) is 20.6 Å². The Morgan fingerprint density at radius 3 is 2.61 bits per heavy atom. The van der Waals surface area contributed by atoms with Crippen molar-refractivity contribution >= 4 is 11.6 Å². The zero-order valence-corrected chi connectivity index (χ0v) is 18.4. The van der Waals surface area contributed by atoms with Crippen LogP contribution in [0.1, 0.15) is 10.4 Å². The molecule has 0 spiro atoms. The van der Waals surface area contributed by atoms with E-state index in [4.69, 9.17) is 18.9 Å². The van der Waals surface area contributed by atoms with Gasteiger partial charge in [0.05, 0.1) is 33.4 Å². The maximum absolute atomic E-state index is 12.5. The fraction of sp³-hybridized carbons (Fsp3) is 0.217. The lowest BCUT2D eigenvalue weighted by atomic mass is 10.1. The molecule has 0 saturated heterocycles. The predicted octanol–water partition coefficient (Wildman–Crippen LogP) is 2.63. The first kappa shape index (κ1) is 21.9. The molecule has 0 aliphatic heterocycles. The Kier molecular flexibility index (Phi) is 6.53. The van der Waals surface area contributed by atoms with Crippen molar-refractivity contribution < 1.29 is 23.7 Å². The molecule has 1 amide bonds. The van der Waals surface area contributed by atoms with Crippen LogP contribution in [0.25, 0.3) is 17.0 Å². The van der Waals surface area contributed by atoms with Gasteiger partial charge in [-0.2, -0.15) is 4.52 Å². The Balaban J connectivity index is 1.42. The van der Waals surface area contributed by atoms with Gasteiger partial charge in [0.15, 0.2) is 23.0 Å². The van der Waals surface area contributed by atoms with Crippen LogP contribution in [-0.2, 0) is 0 Å². The van der Waals surface area contributed by atoms with E-state index in [1.54, 1.807) is 42.0 Å². The molecule has 10 heteroatoms. The molecule has 0 atom stereocenters. The number of hydrogen-bond acceptors (Lipinski definition) is 8. The fourth-order valence-corrected chi connectivity index (χ4v) is 3.27. The molecule has 0 fully saturated rings. The standard InChI is InChI=1S/C23H23N5O5/c1-30-16-7-4-6-15(14-16)22-26-25-19-10-11-20(27-28(19)22)33-13-12-24-23(29)17-8-5-9-18(31-2)21(17)32-3/h4-11,14H,12-13H2,1-3H3,(H,24,29). The number of hydrogen-bond donors (Lipinski definition) is 1. The van der Waals surface area contributed by atoms with Crippen LogP contribution >= 0.6 is 0 Å². The summed E-state index contributed by atoms with van der Waals surface area (Å²) in [7, 11) is 4.62. The molecule has 0 saturated carbocycles. The van der Waals surface area contributed by atoms with Gasteiger partial charge < -0.3 is 24.3 Å². The number of rotatable bonds is 9. The van der Waals surface area contributed by atoms with E-state index >= 15 is 0 Å². The number of carbonyl (C=O) groups is 1. The second-order valence-corrected chi connectivity index (χ2v) is 6.84. The summed E-state index contributed by atoms with van der Waals surface area (Å²) in [4.78, 5) is 12.5. The lowest BCUT2D eigenvalue weighted by Gasteiger charge is -2.12. The predicted molar refractivity (Wildman–Crippen MR) is 120 cm³/mol. The molecule has 10 nitrogen and oxygen atoms in total. The van der Waals surface area contributed by atoms with Gasteiger partial charge in [0.25, 0.3) is 5.91 Å². The van der Waals surface area contributed by atoms with Crippen molar-refractivity contribution in [1.29, 1.82) is 0 Å². The smallest absolute Gasteiger partial charge is 0.255 e. The summed E-state index contributed by atoms with van der Waals surface area (Å²) < 4.78 is 23.2. The van der Waals surface area contributed by atoms with Crippen molar-refractivity contribution in [1.82, 2.24) is 25.1 Å². The highest BCUT2D eigenvalue weighted by molar-refractivity contribution is 5.97. The van der Waals surface area contributed by atoms with Crippen molar-refractivity contribution in [3.8, 4) is 34.5 Å². The highest BCUT2D eigenvalue weighted by atomic mass is 16.5. The fourth-order valence-electron chi connectivity index (χ4n) is 3.27. The van der Waals surface area contributed by atoms with Gasteiger partial charge >= 0.3 is 0 Å². The van der Waals surface area contributed by atoms with Crippen LogP contribution in [0.3, 0.4) is 0 Å². The molecular formula is C23H23N5O5. The summed E-state index contributed by atoms with van der Waals surface area (Å²) >= 11 is 0. The average Bonchev–Trinajstić information content (AvgIpc) is 3.29. The van der Waals surface area contributed by atoms with Gasteiger partial charge in [0.2, 0.25) is 5.88 Å². The maximum Gasteiger partial charge on any atom is 0.255 e. The summed E-state index contributed by atoms with van der Waals surface area (Å²) in [6.45, 7) is 0.483. The number of amides is 1. The number of fused-ring (bicyclic) bond motifs is 1. The number of ether oxygens (including phenoxy) is 4. The first-order valence-electron chi connectivity index (χ1n) is 10.1. The summed E-state index contributed by atoms with van der Waals surface area (Å²) in [5.41, 5.74) is 1.77. The third kappa shape index (κ3) is 4.64. The lowest BCUT2D eigenvalue weighted by Crippen LogP contribution is -2.28. The topological polar surface area (TPSA) is 109 Å². The Hall–Kier alpha value is -4.34. The molecule has 4 rings (SSSR count). The van der Waals surface area contributed by atoms with Gasteiger partial charge in [-0.3, -0.25) is 4.79 Å². The minimum atomic E-state index is -0.295. The minimum absolute atomic E-state index is 0.215. The second-order valence-electron chi connectivity index (χ2n) is 6.84. The molecule has 2 aromatic heterocycles. The average molecular weight is 449 g/mol. The molecule has 0 bridgehead atoms. The molecular weight excluding hydrogens is 426 g/mol. The third-order valence-electron chi connectivity index (χ3n) is 4.85. The SMILES string of the molecule is COc1cccc(-c2nnc3ccc(OCCNC(=O)c4cccc(OC)c4OC)nn23)c1. The summed E-state index contributed by atoms with van der Waals surface area (Å²) in [5, 5.41) is 15.7. The van der Waals surface area contributed by atoms with Crippen LogP contribution in [0.15, 0.2) is 54.6 Å². The molecule has 170 valence electrons. The minimum Gasteiger partial charge on any atom is -0.497 e. The summed E-state index contributed by atoms with van der Waals surface area (Å²) in [6.07, 6.45) is 0. The van der Waals surface area contributed by atoms with Crippen molar-refractivity contribution in [3.05, 3.63) is 60.2 Å². The lowest BCUT2D eigenvalue weighted by molar-refractivity contribution is 0.0942. The van der Waals surface area contributed by atoms with Gasteiger partial charge in [0, 0.05) is 11.6 Å². The molecule has 0 radical (unpaired) electrons. The van der Waals surface area contributed by atoms with Crippen LogP contribution in [0.4, 0.5) is 0 Å². The molecule has 0 aliphatic rings. The van der Waals surface area contributed by atoms with E-state index in [1.807, 2.05) is 24.3 Å². The zero-order valence-electron chi connectivity index (χ0n) is 18.4. The number of aromatic nitrogens is 4. The van der Waals surface area contributed by atoms with Crippen molar-refractivity contribution in [2.45, 2.75) is 0 Å². The number of para-hydroxylation sites is 1. The Morgan fingerprint density at radius 1 is 0.970 bits per heavy atom. The van der Waals surface area contributed by atoms with Gasteiger partial charge in [-0.15, -0.1) is 15.3 Å². The second kappa shape index (κ2) is 9.86. The third-order valence-corrected chi connectivity index (χ3v) is 4.85. The highest BCUT2D eigenvalue weighted by Gasteiger charge is 2.16. The Bertz CT molecular complexity index is 1270. The van der Waals surface area contributed by atoms with Crippen molar-refractivity contribution in [2.75, 3.05) is 34.5 Å². The van der Waals surface area contributed by atoms with Crippen LogP contribution < -0.4 is 24.3 Å². The monoisotopic (exact) mass is 449 g/mol. The first-order chi connectivity index (χ1) is 16.1. The largest absolute Gasteiger partial charge is 0.497 e. The Labute approximate surface area is 190 Å². The molecule has 0 aliphatic carbocycles. The quantitative estimate of drug-likeness (QED) is 0.389. The first-order valence-corrected chi connectivity index (χ1v) is 10.1. The molecule has 1 N–H and O–H groups in total. The zero-order chi connectivity index (χ0) is 23.2.